The molecule has 42 heavy (non-hydrogen) atoms. The van der Waals surface area contributed by atoms with E-state index in [-0.39, 0.29) is 43.8 Å². The smallest absolute Gasteiger partial charge is 0.243 e. The number of carbonyl (C=O) groups excluding carboxylic acids is 2. The molecule has 2 amide bonds. The summed E-state index contributed by atoms with van der Waals surface area (Å²) >= 11 is 6.25. The Morgan fingerprint density at radius 3 is 2.31 bits per heavy atom. The van der Waals surface area contributed by atoms with Crippen molar-refractivity contribution in [2.45, 2.75) is 58.2 Å². The predicted molar refractivity (Wildman–Crippen MR) is 168 cm³/mol. The lowest BCUT2D eigenvalue weighted by Crippen LogP contribution is -2.52. The number of methoxy groups -OCH3 is 1. The Morgan fingerprint density at radius 1 is 0.976 bits per heavy atom. The van der Waals surface area contributed by atoms with E-state index in [0.29, 0.717) is 22.9 Å². The van der Waals surface area contributed by atoms with E-state index in [1.165, 1.54) is 11.4 Å². The average Bonchev–Trinajstić information content (AvgIpc) is 2.96. The maximum absolute atomic E-state index is 13.9. The third-order valence-electron chi connectivity index (χ3n) is 7.01. The molecular formula is C32H40ClN3O5S. The second-order valence-electron chi connectivity index (χ2n) is 10.3. The van der Waals surface area contributed by atoms with Gasteiger partial charge in [-0.05, 0) is 55.2 Å². The summed E-state index contributed by atoms with van der Waals surface area (Å²) in [7, 11) is -2.11. The Balaban J connectivity index is 1.89. The number of ether oxygens (including phenoxy) is 1. The topological polar surface area (TPSA) is 96.0 Å². The molecule has 0 saturated carbocycles. The minimum atomic E-state index is -3.63. The van der Waals surface area contributed by atoms with E-state index in [2.05, 4.69) is 5.32 Å². The van der Waals surface area contributed by atoms with Gasteiger partial charge in [-0.1, -0.05) is 67.1 Å². The molecule has 226 valence electrons. The maximum atomic E-state index is 13.9. The number of nitrogens with one attached hydrogen (secondary N) is 1. The van der Waals surface area contributed by atoms with Crippen molar-refractivity contribution in [2.75, 3.05) is 24.2 Å². The average molecular weight is 614 g/mol. The molecule has 0 fully saturated rings. The van der Waals surface area contributed by atoms with Crippen LogP contribution in [0, 0.1) is 0 Å². The predicted octanol–water partition coefficient (Wildman–Crippen LogP) is 5.45. The number of rotatable bonds is 15. The molecule has 0 spiro atoms. The van der Waals surface area contributed by atoms with Crippen LogP contribution in [-0.4, -0.2) is 57.1 Å². The van der Waals surface area contributed by atoms with Gasteiger partial charge in [-0.3, -0.25) is 13.9 Å². The molecule has 0 saturated heterocycles. The van der Waals surface area contributed by atoms with Crippen molar-refractivity contribution in [3.8, 4) is 5.75 Å². The van der Waals surface area contributed by atoms with Crippen molar-refractivity contribution >= 4 is 39.1 Å². The fourth-order valence-corrected chi connectivity index (χ4v) is 5.77. The molecule has 2 atom stereocenters. The summed E-state index contributed by atoms with van der Waals surface area (Å²) in [6, 6.07) is 22.7. The van der Waals surface area contributed by atoms with E-state index >= 15 is 0 Å². The zero-order valence-corrected chi connectivity index (χ0v) is 26.2. The molecule has 3 aromatic rings. The molecule has 0 unspecified atom stereocenters. The minimum Gasteiger partial charge on any atom is -0.497 e. The standard InChI is InChI=1S/C32H40ClN3O5S/c1-5-24(2)34-32(38)30(21-25-12-7-6-8-13-25)35(23-26-14-9-15-27(33)20-26)31(37)18-11-19-36(42(4,39)40)28-16-10-17-29(22-28)41-3/h6-10,12-17,20,22,24,30H,5,11,18-19,21,23H2,1-4H3,(H,34,38)/t24-,30-/m0/s1. The van der Waals surface area contributed by atoms with Gasteiger partial charge in [0.05, 0.1) is 19.1 Å². The first-order valence-corrected chi connectivity index (χ1v) is 16.2. The Labute approximate surface area is 254 Å². The first kappa shape index (κ1) is 32.9. The molecule has 8 nitrogen and oxygen atoms in total. The van der Waals surface area contributed by atoms with Gasteiger partial charge in [0, 0.05) is 43.1 Å². The van der Waals surface area contributed by atoms with E-state index in [1.807, 2.05) is 56.3 Å². The summed E-state index contributed by atoms with van der Waals surface area (Å²) in [6.45, 7) is 4.18. The summed E-state index contributed by atoms with van der Waals surface area (Å²) in [5.41, 5.74) is 2.17. The Hall–Kier alpha value is -3.56. The minimum absolute atomic E-state index is 0.0401. The molecule has 1 N–H and O–H groups in total. The highest BCUT2D eigenvalue weighted by Crippen LogP contribution is 2.24. The van der Waals surface area contributed by atoms with Gasteiger partial charge in [0.1, 0.15) is 11.8 Å². The number of anilines is 1. The Kier molecular flexibility index (Phi) is 12.2. The number of sulfonamides is 1. The fraction of sp³-hybridized carbons (Fsp3) is 0.375. The highest BCUT2D eigenvalue weighted by molar-refractivity contribution is 7.92. The monoisotopic (exact) mass is 613 g/mol. The van der Waals surface area contributed by atoms with Crippen molar-refractivity contribution in [1.29, 1.82) is 0 Å². The number of benzene rings is 3. The quantitative estimate of drug-likeness (QED) is 0.246. The highest BCUT2D eigenvalue weighted by atomic mass is 35.5. The molecule has 3 rings (SSSR count). The first-order valence-electron chi connectivity index (χ1n) is 14.0. The van der Waals surface area contributed by atoms with Gasteiger partial charge in [-0.2, -0.15) is 0 Å². The summed E-state index contributed by atoms with van der Waals surface area (Å²) in [5, 5.41) is 3.58. The van der Waals surface area contributed by atoms with Gasteiger partial charge in [-0.25, -0.2) is 8.42 Å². The molecule has 10 heteroatoms. The largest absolute Gasteiger partial charge is 0.497 e. The van der Waals surface area contributed by atoms with Gasteiger partial charge in [0.25, 0.3) is 0 Å². The van der Waals surface area contributed by atoms with Crippen LogP contribution in [0.5, 0.6) is 5.75 Å². The van der Waals surface area contributed by atoms with Crippen LogP contribution in [0.25, 0.3) is 0 Å². The lowest BCUT2D eigenvalue weighted by molar-refractivity contribution is -0.141. The van der Waals surface area contributed by atoms with E-state index < -0.39 is 16.1 Å². The van der Waals surface area contributed by atoms with Gasteiger partial charge >= 0.3 is 0 Å². The molecule has 0 heterocycles. The summed E-state index contributed by atoms with van der Waals surface area (Å²) < 4.78 is 31.9. The van der Waals surface area contributed by atoms with Crippen LogP contribution in [0.2, 0.25) is 5.02 Å². The fourth-order valence-electron chi connectivity index (χ4n) is 4.60. The van der Waals surface area contributed by atoms with Gasteiger partial charge in [0.2, 0.25) is 21.8 Å². The second-order valence-corrected chi connectivity index (χ2v) is 12.7. The van der Waals surface area contributed by atoms with E-state index in [1.54, 1.807) is 41.3 Å². The van der Waals surface area contributed by atoms with Gasteiger partial charge in [0.15, 0.2) is 0 Å². The second kappa shape index (κ2) is 15.6. The number of halogens is 1. The summed E-state index contributed by atoms with van der Waals surface area (Å²) in [5.74, 6) is 0.0352. The number of carbonyl (C=O) groups is 2. The lowest BCUT2D eigenvalue weighted by atomic mass is 10.0. The van der Waals surface area contributed by atoms with Crippen LogP contribution in [0.15, 0.2) is 78.9 Å². The molecular weight excluding hydrogens is 574 g/mol. The van der Waals surface area contributed by atoms with Crippen LogP contribution in [-0.2, 0) is 32.6 Å². The molecule has 0 radical (unpaired) electrons. The summed E-state index contributed by atoms with van der Waals surface area (Å²) in [6.07, 6.45) is 2.50. The zero-order chi connectivity index (χ0) is 30.7. The van der Waals surface area contributed by atoms with Gasteiger partial charge in [-0.15, -0.1) is 0 Å². The number of nitrogens with zero attached hydrogens (tertiary/aromatic N) is 2. The van der Waals surface area contributed by atoms with Crippen molar-refractivity contribution in [2.24, 2.45) is 0 Å². The maximum Gasteiger partial charge on any atom is 0.243 e. The highest BCUT2D eigenvalue weighted by Gasteiger charge is 2.31. The molecule has 3 aromatic carbocycles. The van der Waals surface area contributed by atoms with Crippen molar-refractivity contribution in [3.05, 3.63) is 95.0 Å². The SMILES string of the molecule is CC[C@H](C)NC(=O)[C@H](Cc1ccccc1)N(Cc1cccc(Cl)c1)C(=O)CCCN(c1cccc(OC)c1)S(C)(=O)=O. The Bertz CT molecular complexity index is 1430. The molecule has 0 aromatic heterocycles. The molecule has 0 bridgehead atoms. The number of hydrogen-bond acceptors (Lipinski definition) is 5. The van der Waals surface area contributed by atoms with E-state index in [4.69, 9.17) is 16.3 Å². The Morgan fingerprint density at radius 2 is 1.67 bits per heavy atom. The van der Waals surface area contributed by atoms with Crippen LogP contribution >= 0.6 is 11.6 Å². The van der Waals surface area contributed by atoms with Crippen LogP contribution in [0.3, 0.4) is 0 Å². The van der Waals surface area contributed by atoms with Crippen LogP contribution < -0.4 is 14.4 Å². The number of hydrogen-bond donors (Lipinski definition) is 1. The third kappa shape index (κ3) is 9.77. The van der Waals surface area contributed by atoms with Crippen LogP contribution in [0.4, 0.5) is 5.69 Å². The lowest BCUT2D eigenvalue weighted by Gasteiger charge is -2.32. The number of amides is 2. The molecule has 0 aliphatic rings. The molecule has 0 aliphatic carbocycles. The zero-order valence-electron chi connectivity index (χ0n) is 24.6. The van der Waals surface area contributed by atoms with Gasteiger partial charge < -0.3 is 15.0 Å². The normalized spacial score (nSPS) is 12.7. The molecule has 0 aliphatic heterocycles. The van der Waals surface area contributed by atoms with Crippen LogP contribution in [0.1, 0.15) is 44.2 Å². The van der Waals surface area contributed by atoms with Crippen molar-refractivity contribution < 1.29 is 22.7 Å². The van der Waals surface area contributed by atoms with E-state index in [9.17, 15) is 18.0 Å². The van der Waals surface area contributed by atoms with Crippen molar-refractivity contribution in [1.82, 2.24) is 10.2 Å². The van der Waals surface area contributed by atoms with E-state index in [0.717, 1.165) is 23.8 Å². The summed E-state index contributed by atoms with van der Waals surface area (Å²) in [4.78, 5) is 29.2. The van der Waals surface area contributed by atoms with Crippen molar-refractivity contribution in [3.63, 3.8) is 0 Å². The third-order valence-corrected chi connectivity index (χ3v) is 8.44. The first-order chi connectivity index (χ1) is 20.0.